The highest BCUT2D eigenvalue weighted by atomic mass is 14.7. The zero-order valence-corrected chi connectivity index (χ0v) is 10.8. The van der Waals surface area contributed by atoms with Crippen molar-refractivity contribution in [2.24, 2.45) is 0 Å². The zero-order chi connectivity index (χ0) is 13.8. The Bertz CT molecular complexity index is 756. The van der Waals surface area contributed by atoms with Crippen LogP contribution in [0.5, 0.6) is 0 Å². The highest BCUT2D eigenvalue weighted by Crippen LogP contribution is 2.27. The van der Waals surface area contributed by atoms with Crippen molar-refractivity contribution in [3.05, 3.63) is 78.5 Å². The Balaban J connectivity index is 2.16. The van der Waals surface area contributed by atoms with Crippen molar-refractivity contribution in [1.29, 1.82) is 5.26 Å². The predicted octanol–water partition coefficient (Wildman–Crippen LogP) is 4.29. The van der Waals surface area contributed by atoms with Gasteiger partial charge < -0.3 is 0 Å². The lowest BCUT2D eigenvalue weighted by Gasteiger charge is -2.07. The monoisotopic (exact) mass is 256 g/mol. The molecule has 1 aromatic heterocycles. The first-order chi connectivity index (χ1) is 9.88. The van der Waals surface area contributed by atoms with Gasteiger partial charge in [-0.25, -0.2) is 0 Å². The predicted molar refractivity (Wildman–Crippen MR) is 79.8 cm³/mol. The molecule has 2 heteroatoms. The number of nitrogens with zero attached hydrogens (tertiary/aromatic N) is 2. The summed E-state index contributed by atoms with van der Waals surface area (Å²) >= 11 is 0. The molecule has 0 spiro atoms. The van der Waals surface area contributed by atoms with Crippen LogP contribution in [-0.4, -0.2) is 4.98 Å². The zero-order valence-electron chi connectivity index (χ0n) is 10.8. The van der Waals surface area contributed by atoms with Crippen molar-refractivity contribution < 1.29 is 0 Å². The number of pyridine rings is 1. The van der Waals surface area contributed by atoms with Crippen LogP contribution in [0.4, 0.5) is 0 Å². The van der Waals surface area contributed by atoms with Gasteiger partial charge >= 0.3 is 0 Å². The van der Waals surface area contributed by atoms with Crippen molar-refractivity contribution in [3.8, 4) is 28.5 Å². The van der Waals surface area contributed by atoms with Gasteiger partial charge in [-0.2, -0.15) is 5.26 Å². The normalized spacial score (nSPS) is 9.95. The largest absolute Gasteiger partial charge is 0.255 e. The lowest BCUT2D eigenvalue weighted by molar-refractivity contribution is 1.30. The van der Waals surface area contributed by atoms with Gasteiger partial charge in [-0.3, -0.25) is 4.98 Å². The molecule has 0 atom stereocenters. The fourth-order valence-corrected chi connectivity index (χ4v) is 2.17. The van der Waals surface area contributed by atoms with Gasteiger partial charge in [0.1, 0.15) is 6.07 Å². The third-order valence-corrected chi connectivity index (χ3v) is 3.18. The van der Waals surface area contributed by atoms with E-state index in [1.807, 2.05) is 66.7 Å². The number of rotatable bonds is 2. The fourth-order valence-electron chi connectivity index (χ4n) is 2.17. The SMILES string of the molecule is N#Cc1cnc(-c2ccccc2)cc1-c1ccccc1. The van der Waals surface area contributed by atoms with E-state index < -0.39 is 0 Å². The molecule has 20 heavy (non-hydrogen) atoms. The van der Waals surface area contributed by atoms with Gasteiger partial charge in [0, 0.05) is 17.3 Å². The van der Waals surface area contributed by atoms with E-state index >= 15 is 0 Å². The third-order valence-electron chi connectivity index (χ3n) is 3.18. The first-order valence-corrected chi connectivity index (χ1v) is 6.39. The maximum atomic E-state index is 9.25. The van der Waals surface area contributed by atoms with Crippen LogP contribution in [0.25, 0.3) is 22.4 Å². The molecule has 0 bridgehead atoms. The molecule has 1 heterocycles. The molecule has 0 aliphatic rings. The van der Waals surface area contributed by atoms with E-state index in [1.165, 1.54) is 0 Å². The van der Waals surface area contributed by atoms with E-state index in [0.717, 1.165) is 22.4 Å². The van der Waals surface area contributed by atoms with E-state index in [0.29, 0.717) is 5.56 Å². The highest BCUT2D eigenvalue weighted by Gasteiger charge is 2.08. The molecule has 3 aromatic rings. The minimum atomic E-state index is 0.593. The fraction of sp³-hybridized carbons (Fsp3) is 0. The van der Waals surface area contributed by atoms with Crippen molar-refractivity contribution in [2.45, 2.75) is 0 Å². The van der Waals surface area contributed by atoms with Gasteiger partial charge in [-0.05, 0) is 11.6 Å². The average molecular weight is 256 g/mol. The Morgan fingerprint density at radius 1 is 0.800 bits per heavy atom. The summed E-state index contributed by atoms with van der Waals surface area (Å²) in [5.41, 5.74) is 4.47. The molecular formula is C18H12N2. The Morgan fingerprint density at radius 3 is 2.00 bits per heavy atom. The standard InChI is InChI=1S/C18H12N2/c19-12-16-13-20-18(15-9-5-2-6-10-15)11-17(16)14-7-3-1-4-8-14/h1-11,13H. The Labute approximate surface area is 118 Å². The second-order valence-electron chi connectivity index (χ2n) is 4.46. The summed E-state index contributed by atoms with van der Waals surface area (Å²) in [7, 11) is 0. The number of aromatic nitrogens is 1. The lowest BCUT2D eigenvalue weighted by Crippen LogP contribution is -1.90. The summed E-state index contributed by atoms with van der Waals surface area (Å²) in [4.78, 5) is 4.38. The van der Waals surface area contributed by atoms with Crippen LogP contribution in [0.15, 0.2) is 72.9 Å². The lowest BCUT2D eigenvalue weighted by atomic mass is 9.99. The van der Waals surface area contributed by atoms with Crippen LogP contribution in [0, 0.1) is 11.3 Å². The third kappa shape index (κ3) is 2.30. The maximum Gasteiger partial charge on any atom is 0.101 e. The van der Waals surface area contributed by atoms with Gasteiger partial charge in [0.2, 0.25) is 0 Å². The van der Waals surface area contributed by atoms with Gasteiger partial charge in [0.05, 0.1) is 11.3 Å². The van der Waals surface area contributed by atoms with E-state index in [9.17, 15) is 5.26 Å². The quantitative estimate of drug-likeness (QED) is 0.686. The summed E-state index contributed by atoms with van der Waals surface area (Å²) in [6, 6.07) is 24.1. The minimum Gasteiger partial charge on any atom is -0.255 e. The molecule has 2 aromatic carbocycles. The summed E-state index contributed by atoms with van der Waals surface area (Å²) in [5, 5.41) is 9.25. The van der Waals surface area contributed by atoms with Crippen LogP contribution in [0.1, 0.15) is 5.56 Å². The maximum absolute atomic E-state index is 9.25. The number of hydrogen-bond donors (Lipinski definition) is 0. The van der Waals surface area contributed by atoms with Gasteiger partial charge in [0.25, 0.3) is 0 Å². The Hall–Kier alpha value is -2.92. The van der Waals surface area contributed by atoms with Crippen LogP contribution >= 0.6 is 0 Å². The van der Waals surface area contributed by atoms with Crippen LogP contribution in [0.2, 0.25) is 0 Å². The molecule has 0 aliphatic carbocycles. The van der Waals surface area contributed by atoms with Crippen molar-refractivity contribution in [1.82, 2.24) is 4.98 Å². The number of benzene rings is 2. The first kappa shape index (κ1) is 12.1. The summed E-state index contributed by atoms with van der Waals surface area (Å²) in [5.74, 6) is 0. The van der Waals surface area contributed by atoms with Crippen LogP contribution in [0.3, 0.4) is 0 Å². The van der Waals surface area contributed by atoms with E-state index in [2.05, 4.69) is 11.1 Å². The highest BCUT2D eigenvalue weighted by molar-refractivity contribution is 5.75. The van der Waals surface area contributed by atoms with Gasteiger partial charge in [-0.15, -0.1) is 0 Å². The molecule has 94 valence electrons. The molecule has 0 fully saturated rings. The average Bonchev–Trinajstić information content (AvgIpc) is 2.56. The topological polar surface area (TPSA) is 36.7 Å². The molecule has 0 amide bonds. The molecule has 0 aliphatic heterocycles. The Morgan fingerprint density at radius 2 is 1.40 bits per heavy atom. The molecule has 0 saturated carbocycles. The Kier molecular flexibility index (Phi) is 3.26. The smallest absolute Gasteiger partial charge is 0.101 e. The van der Waals surface area contributed by atoms with Gasteiger partial charge in [0.15, 0.2) is 0 Å². The summed E-state index contributed by atoms with van der Waals surface area (Å²) in [6.07, 6.45) is 1.64. The number of hydrogen-bond acceptors (Lipinski definition) is 2. The van der Waals surface area contributed by atoms with Crippen molar-refractivity contribution >= 4 is 0 Å². The van der Waals surface area contributed by atoms with Crippen molar-refractivity contribution in [3.63, 3.8) is 0 Å². The van der Waals surface area contributed by atoms with Crippen molar-refractivity contribution in [2.75, 3.05) is 0 Å². The number of nitriles is 1. The first-order valence-electron chi connectivity index (χ1n) is 6.39. The molecule has 0 saturated heterocycles. The van der Waals surface area contributed by atoms with Crippen LogP contribution in [-0.2, 0) is 0 Å². The second-order valence-corrected chi connectivity index (χ2v) is 4.46. The molecule has 0 unspecified atom stereocenters. The van der Waals surface area contributed by atoms with Crippen LogP contribution < -0.4 is 0 Å². The van der Waals surface area contributed by atoms with E-state index in [4.69, 9.17) is 0 Å². The summed E-state index contributed by atoms with van der Waals surface area (Å²) in [6.45, 7) is 0. The minimum absolute atomic E-state index is 0.593. The molecule has 3 rings (SSSR count). The molecule has 2 nitrogen and oxygen atoms in total. The van der Waals surface area contributed by atoms with Gasteiger partial charge in [-0.1, -0.05) is 60.7 Å². The van der Waals surface area contributed by atoms with E-state index in [1.54, 1.807) is 6.20 Å². The molecule has 0 radical (unpaired) electrons. The van der Waals surface area contributed by atoms with E-state index in [-0.39, 0.29) is 0 Å². The summed E-state index contributed by atoms with van der Waals surface area (Å²) < 4.78 is 0. The second kappa shape index (κ2) is 5.38. The molecular weight excluding hydrogens is 244 g/mol. The molecule has 0 N–H and O–H groups in total.